The fraction of sp³-hybridized carbons (Fsp3) is 0.100. The fourth-order valence-electron chi connectivity index (χ4n) is 2.98. The van der Waals surface area contributed by atoms with Gasteiger partial charge in [-0.05, 0) is 18.6 Å². The number of nitrogens with two attached hydrogens (primary N) is 1. The van der Waals surface area contributed by atoms with Crippen LogP contribution in [-0.4, -0.2) is 31.6 Å². The van der Waals surface area contributed by atoms with Crippen LogP contribution in [0.2, 0.25) is 5.15 Å². The van der Waals surface area contributed by atoms with Crippen LogP contribution in [0, 0.1) is 6.92 Å². The molecule has 3 heterocycles. The smallest absolute Gasteiger partial charge is 0.265 e. The number of aromatic nitrogens is 4. The molecule has 8 nitrogen and oxygen atoms in total. The lowest BCUT2D eigenvalue weighted by Crippen LogP contribution is -2.13. The van der Waals surface area contributed by atoms with Crippen LogP contribution in [-0.2, 0) is 6.54 Å². The molecule has 0 saturated heterocycles. The Labute approximate surface area is 180 Å². The fourth-order valence-corrected chi connectivity index (χ4v) is 4.02. The molecule has 0 radical (unpaired) electrons. The average Bonchev–Trinajstić information content (AvgIpc) is 3.42. The number of H-pyrrole nitrogens is 1. The van der Waals surface area contributed by atoms with Crippen molar-refractivity contribution in [2.75, 3.05) is 5.32 Å². The largest absolute Gasteiger partial charge is 0.364 e. The van der Waals surface area contributed by atoms with Crippen molar-refractivity contribution in [3.63, 3.8) is 0 Å². The van der Waals surface area contributed by atoms with Crippen molar-refractivity contribution in [2.24, 2.45) is 5.73 Å². The summed E-state index contributed by atoms with van der Waals surface area (Å²) in [6.07, 6.45) is 1.63. The maximum absolute atomic E-state index is 12.8. The summed E-state index contributed by atoms with van der Waals surface area (Å²) in [7, 11) is 0. The second-order valence-electron chi connectivity index (χ2n) is 6.55. The van der Waals surface area contributed by atoms with E-state index in [1.807, 2.05) is 30.3 Å². The third kappa shape index (κ3) is 3.98. The number of hydrogen-bond donors (Lipinski definition) is 3. The van der Waals surface area contributed by atoms with Crippen molar-refractivity contribution in [1.29, 1.82) is 0 Å². The molecular formula is C20H17ClN6O2S. The molecule has 152 valence electrons. The van der Waals surface area contributed by atoms with Crippen molar-refractivity contribution >= 4 is 39.9 Å². The number of rotatable bonds is 6. The van der Waals surface area contributed by atoms with E-state index in [0.717, 1.165) is 5.56 Å². The van der Waals surface area contributed by atoms with Crippen LogP contribution in [0.5, 0.6) is 0 Å². The van der Waals surface area contributed by atoms with Gasteiger partial charge in [-0.1, -0.05) is 41.9 Å². The molecule has 30 heavy (non-hydrogen) atoms. The van der Waals surface area contributed by atoms with Crippen molar-refractivity contribution < 1.29 is 9.59 Å². The van der Waals surface area contributed by atoms with E-state index in [9.17, 15) is 9.59 Å². The summed E-state index contributed by atoms with van der Waals surface area (Å²) in [5.41, 5.74) is 8.72. The van der Waals surface area contributed by atoms with Gasteiger partial charge in [-0.15, -0.1) is 11.3 Å². The molecule has 0 saturated carbocycles. The van der Waals surface area contributed by atoms with E-state index in [0.29, 0.717) is 34.2 Å². The number of aromatic amines is 1. The Morgan fingerprint density at radius 1 is 1.30 bits per heavy atom. The lowest BCUT2D eigenvalue weighted by Gasteiger charge is -2.04. The molecule has 0 bridgehead atoms. The van der Waals surface area contributed by atoms with Crippen LogP contribution in [0.25, 0.3) is 11.3 Å². The van der Waals surface area contributed by atoms with Gasteiger partial charge in [0, 0.05) is 17.1 Å². The van der Waals surface area contributed by atoms with Gasteiger partial charge in [0.05, 0.1) is 23.5 Å². The van der Waals surface area contributed by atoms with E-state index in [-0.39, 0.29) is 16.8 Å². The first-order valence-electron chi connectivity index (χ1n) is 8.94. The van der Waals surface area contributed by atoms with E-state index in [1.54, 1.807) is 29.2 Å². The number of hydrogen-bond acceptors (Lipinski definition) is 5. The molecule has 2 amide bonds. The minimum Gasteiger partial charge on any atom is -0.364 e. The molecule has 0 aliphatic rings. The minimum atomic E-state index is -0.553. The lowest BCUT2D eigenvalue weighted by atomic mass is 10.2. The molecule has 0 unspecified atom stereocenters. The number of anilines is 1. The van der Waals surface area contributed by atoms with E-state index >= 15 is 0 Å². The second kappa shape index (κ2) is 8.13. The highest BCUT2D eigenvalue weighted by atomic mass is 35.5. The molecular weight excluding hydrogens is 424 g/mol. The van der Waals surface area contributed by atoms with Gasteiger partial charge < -0.3 is 10.7 Å². The SMILES string of the molecule is Cc1nn(Cc2ccccc2)c(Cl)c1C(=O)Nc1nc(-c2c[nH]c(C(N)=O)c2)cs1. The van der Waals surface area contributed by atoms with Crippen LogP contribution in [0.1, 0.15) is 32.1 Å². The molecule has 0 spiro atoms. The van der Waals surface area contributed by atoms with Gasteiger partial charge in [-0.2, -0.15) is 5.10 Å². The van der Waals surface area contributed by atoms with Gasteiger partial charge >= 0.3 is 0 Å². The predicted octanol–water partition coefficient (Wildman–Crippen LogP) is 3.70. The Kier molecular flexibility index (Phi) is 5.39. The monoisotopic (exact) mass is 440 g/mol. The summed E-state index contributed by atoms with van der Waals surface area (Å²) in [6.45, 7) is 2.20. The Balaban J connectivity index is 1.52. The predicted molar refractivity (Wildman–Crippen MR) is 116 cm³/mol. The molecule has 0 aliphatic heterocycles. The second-order valence-corrected chi connectivity index (χ2v) is 7.77. The Bertz CT molecular complexity index is 1230. The normalized spacial score (nSPS) is 10.9. The molecule has 0 atom stereocenters. The van der Waals surface area contributed by atoms with Crippen LogP contribution in [0.3, 0.4) is 0 Å². The van der Waals surface area contributed by atoms with E-state index in [1.165, 1.54) is 11.3 Å². The number of primary amides is 1. The number of nitrogens with one attached hydrogen (secondary N) is 2. The van der Waals surface area contributed by atoms with Gasteiger partial charge in [0.2, 0.25) is 0 Å². The molecule has 0 fully saturated rings. The molecule has 0 aliphatic carbocycles. The molecule has 3 aromatic heterocycles. The van der Waals surface area contributed by atoms with Crippen LogP contribution >= 0.6 is 22.9 Å². The topological polar surface area (TPSA) is 119 Å². The van der Waals surface area contributed by atoms with Gasteiger partial charge in [0.15, 0.2) is 5.13 Å². The number of carbonyl (C=O) groups is 2. The molecule has 1 aromatic carbocycles. The lowest BCUT2D eigenvalue weighted by molar-refractivity contribution is 0.0993. The summed E-state index contributed by atoms with van der Waals surface area (Å²) in [5, 5.41) is 9.61. The first-order valence-corrected chi connectivity index (χ1v) is 10.2. The minimum absolute atomic E-state index is 0.266. The average molecular weight is 441 g/mol. The number of carbonyl (C=O) groups excluding carboxylic acids is 2. The molecule has 4 aromatic rings. The number of aryl methyl sites for hydroxylation is 1. The Morgan fingerprint density at radius 3 is 2.77 bits per heavy atom. The zero-order valence-electron chi connectivity index (χ0n) is 15.8. The molecule has 4 N–H and O–H groups in total. The van der Waals surface area contributed by atoms with Crippen LogP contribution < -0.4 is 11.1 Å². The zero-order chi connectivity index (χ0) is 21.3. The number of benzene rings is 1. The number of nitrogens with zero attached hydrogens (tertiary/aromatic N) is 3. The van der Waals surface area contributed by atoms with Crippen LogP contribution in [0.4, 0.5) is 5.13 Å². The van der Waals surface area contributed by atoms with Gasteiger partial charge in [0.25, 0.3) is 11.8 Å². The number of halogens is 1. The van der Waals surface area contributed by atoms with Crippen molar-refractivity contribution in [1.82, 2.24) is 19.7 Å². The maximum Gasteiger partial charge on any atom is 0.265 e. The first-order chi connectivity index (χ1) is 14.4. The quantitative estimate of drug-likeness (QED) is 0.423. The highest BCUT2D eigenvalue weighted by Gasteiger charge is 2.21. The van der Waals surface area contributed by atoms with Crippen molar-refractivity contribution in [3.8, 4) is 11.3 Å². The van der Waals surface area contributed by atoms with Crippen molar-refractivity contribution in [2.45, 2.75) is 13.5 Å². The summed E-state index contributed by atoms with van der Waals surface area (Å²) >= 11 is 7.71. The zero-order valence-corrected chi connectivity index (χ0v) is 17.4. The highest BCUT2D eigenvalue weighted by Crippen LogP contribution is 2.27. The standard InChI is InChI=1S/C20H17ClN6O2S/c1-11-16(17(21)27(26-11)9-12-5-3-2-4-6-12)19(29)25-20-24-15(10-30-20)13-7-14(18(22)28)23-8-13/h2-8,10,23H,9H2,1H3,(H2,22,28)(H,24,25,29). The van der Waals surface area contributed by atoms with E-state index < -0.39 is 5.91 Å². The van der Waals surface area contributed by atoms with Gasteiger partial charge in [-0.25, -0.2) is 9.67 Å². The van der Waals surface area contributed by atoms with Gasteiger partial charge in [0.1, 0.15) is 10.8 Å². The maximum atomic E-state index is 12.8. The van der Waals surface area contributed by atoms with Gasteiger partial charge in [-0.3, -0.25) is 14.9 Å². The Hall–Kier alpha value is -3.43. The Morgan fingerprint density at radius 2 is 2.07 bits per heavy atom. The molecule has 10 heteroatoms. The third-order valence-electron chi connectivity index (χ3n) is 4.44. The van der Waals surface area contributed by atoms with E-state index in [4.69, 9.17) is 17.3 Å². The summed E-state index contributed by atoms with van der Waals surface area (Å²) in [5.74, 6) is -0.938. The highest BCUT2D eigenvalue weighted by molar-refractivity contribution is 7.14. The summed E-state index contributed by atoms with van der Waals surface area (Å²) in [6, 6.07) is 11.3. The van der Waals surface area contributed by atoms with Crippen molar-refractivity contribution in [3.05, 3.63) is 75.6 Å². The number of amides is 2. The van der Waals surface area contributed by atoms with Crippen LogP contribution in [0.15, 0.2) is 48.0 Å². The third-order valence-corrected chi connectivity index (χ3v) is 5.58. The first kappa shape index (κ1) is 19.9. The summed E-state index contributed by atoms with van der Waals surface area (Å²) < 4.78 is 1.60. The number of thiazole rings is 1. The molecule has 4 rings (SSSR count). The van der Waals surface area contributed by atoms with E-state index in [2.05, 4.69) is 20.4 Å². The summed E-state index contributed by atoms with van der Waals surface area (Å²) in [4.78, 5) is 31.2.